The van der Waals surface area contributed by atoms with Crippen molar-refractivity contribution in [1.29, 1.82) is 0 Å². The third-order valence-corrected chi connectivity index (χ3v) is 5.67. The van der Waals surface area contributed by atoms with Gasteiger partial charge in [-0.05, 0) is 18.2 Å². The highest BCUT2D eigenvalue weighted by atomic mass is 35.5. The normalized spacial score (nSPS) is 12.9. The molecule has 3 heterocycles. The number of benzene rings is 2. The molecule has 0 N–H and O–H groups in total. The van der Waals surface area contributed by atoms with Gasteiger partial charge in [-0.1, -0.05) is 66.2 Å². The van der Waals surface area contributed by atoms with Crippen LogP contribution in [0.2, 0.25) is 5.02 Å². The number of aromatic nitrogens is 4. The second kappa shape index (κ2) is 6.65. The summed E-state index contributed by atoms with van der Waals surface area (Å²) in [5.74, 6) is 0.780. The largest absolute Gasteiger partial charge is 0.296 e. The van der Waals surface area contributed by atoms with Crippen molar-refractivity contribution in [3.05, 3.63) is 102 Å². The van der Waals surface area contributed by atoms with Gasteiger partial charge in [0.15, 0.2) is 0 Å². The number of hydrogen-bond acceptors (Lipinski definition) is 3. The summed E-state index contributed by atoms with van der Waals surface area (Å²) in [6, 6.07) is 18.2. The Balaban J connectivity index is 1.57. The van der Waals surface area contributed by atoms with Crippen LogP contribution in [-0.2, 0) is 0 Å². The molecule has 6 rings (SSSR count). The van der Waals surface area contributed by atoms with Crippen LogP contribution in [0.1, 0.15) is 5.69 Å². The molecule has 0 radical (unpaired) electrons. The zero-order chi connectivity index (χ0) is 20.1. The summed E-state index contributed by atoms with van der Waals surface area (Å²) in [6.07, 6.45) is 11.6. The Labute approximate surface area is 177 Å². The highest BCUT2D eigenvalue weighted by molar-refractivity contribution is 6.34. The number of halogens is 1. The van der Waals surface area contributed by atoms with Crippen LogP contribution < -0.4 is 0 Å². The minimum atomic E-state index is 0.644. The van der Waals surface area contributed by atoms with Crippen LogP contribution >= 0.6 is 11.6 Å². The van der Waals surface area contributed by atoms with E-state index in [4.69, 9.17) is 21.6 Å². The Morgan fingerprint density at radius 2 is 1.80 bits per heavy atom. The zero-order valence-electron chi connectivity index (χ0n) is 15.8. The van der Waals surface area contributed by atoms with E-state index in [1.54, 1.807) is 6.20 Å². The molecule has 0 fully saturated rings. The molecule has 1 aliphatic carbocycles. The Morgan fingerprint density at radius 3 is 2.60 bits per heavy atom. The number of fused-ring (bicyclic) bond motifs is 2. The highest BCUT2D eigenvalue weighted by Crippen LogP contribution is 2.35. The Hall–Kier alpha value is -3.76. The van der Waals surface area contributed by atoms with Gasteiger partial charge in [0, 0.05) is 34.5 Å². The lowest BCUT2D eigenvalue weighted by Crippen LogP contribution is -1.92. The van der Waals surface area contributed by atoms with Crippen molar-refractivity contribution in [3.8, 4) is 22.6 Å². The minimum Gasteiger partial charge on any atom is -0.296 e. The van der Waals surface area contributed by atoms with Gasteiger partial charge in [0.2, 0.25) is 0 Å². The lowest BCUT2D eigenvalue weighted by Gasteiger charge is -2.08. The van der Waals surface area contributed by atoms with Crippen molar-refractivity contribution >= 4 is 33.6 Å². The molecule has 0 saturated carbocycles. The second-order valence-corrected chi connectivity index (χ2v) is 7.59. The highest BCUT2D eigenvalue weighted by Gasteiger charge is 2.19. The van der Waals surface area contributed by atoms with E-state index in [0.717, 1.165) is 50.3 Å². The maximum atomic E-state index is 6.71. The number of rotatable bonds is 3. The first-order valence-electron chi connectivity index (χ1n) is 9.65. The van der Waals surface area contributed by atoms with E-state index in [9.17, 15) is 0 Å². The van der Waals surface area contributed by atoms with Gasteiger partial charge in [-0.2, -0.15) is 0 Å². The van der Waals surface area contributed by atoms with Gasteiger partial charge in [0.05, 0.1) is 33.6 Å². The first kappa shape index (κ1) is 17.1. The van der Waals surface area contributed by atoms with E-state index in [0.29, 0.717) is 5.02 Å². The van der Waals surface area contributed by atoms with Crippen LogP contribution in [0.15, 0.2) is 91.4 Å². The fourth-order valence-electron chi connectivity index (χ4n) is 3.78. The van der Waals surface area contributed by atoms with Crippen molar-refractivity contribution in [2.75, 3.05) is 0 Å². The summed E-state index contributed by atoms with van der Waals surface area (Å²) < 4.78 is 2.03. The summed E-state index contributed by atoms with van der Waals surface area (Å²) in [5.41, 5.74) is 6.68. The van der Waals surface area contributed by atoms with Crippen molar-refractivity contribution in [3.63, 3.8) is 0 Å². The van der Waals surface area contributed by atoms with Crippen LogP contribution in [0.3, 0.4) is 0 Å². The number of hydrogen-bond donors (Lipinski definition) is 0. The van der Waals surface area contributed by atoms with Crippen molar-refractivity contribution in [1.82, 2.24) is 19.4 Å². The number of allylic oxidation sites excluding steroid dienone is 4. The van der Waals surface area contributed by atoms with E-state index in [2.05, 4.69) is 35.3 Å². The molecule has 0 spiro atoms. The molecule has 30 heavy (non-hydrogen) atoms. The van der Waals surface area contributed by atoms with E-state index in [1.807, 2.05) is 59.3 Å². The molecular weight excluding hydrogens is 392 g/mol. The zero-order valence-corrected chi connectivity index (χ0v) is 16.6. The van der Waals surface area contributed by atoms with E-state index < -0.39 is 0 Å². The first-order valence-corrected chi connectivity index (χ1v) is 10.0. The molecule has 0 amide bonds. The van der Waals surface area contributed by atoms with Gasteiger partial charge in [-0.3, -0.25) is 9.38 Å². The summed E-state index contributed by atoms with van der Waals surface area (Å²) >= 11 is 6.71. The van der Waals surface area contributed by atoms with Crippen molar-refractivity contribution in [2.45, 2.75) is 0 Å². The molecular formula is C25H15ClN4. The third kappa shape index (κ3) is 2.65. The van der Waals surface area contributed by atoms with Crippen LogP contribution in [0.4, 0.5) is 0 Å². The fraction of sp³-hybridized carbons (Fsp3) is 0. The molecule has 0 atom stereocenters. The van der Waals surface area contributed by atoms with Crippen molar-refractivity contribution in [2.24, 2.45) is 0 Å². The maximum Gasteiger partial charge on any atom is 0.146 e. The van der Waals surface area contributed by atoms with Crippen molar-refractivity contribution < 1.29 is 0 Å². The number of nitrogens with zero attached hydrogens (tertiary/aromatic N) is 4. The van der Waals surface area contributed by atoms with Gasteiger partial charge < -0.3 is 0 Å². The smallest absolute Gasteiger partial charge is 0.146 e. The molecule has 0 unspecified atom stereocenters. The SMILES string of the molecule is Clc1cc2ccc(-c3ccccc3)nc2cc1-c1nc(C2=CC=C2)c2cnccn12. The van der Waals surface area contributed by atoms with E-state index in [-0.39, 0.29) is 0 Å². The minimum absolute atomic E-state index is 0.644. The summed E-state index contributed by atoms with van der Waals surface area (Å²) in [5, 5.41) is 1.64. The van der Waals surface area contributed by atoms with Gasteiger partial charge in [0.1, 0.15) is 5.82 Å². The Bertz CT molecular complexity index is 1500. The van der Waals surface area contributed by atoms with E-state index >= 15 is 0 Å². The predicted molar refractivity (Wildman–Crippen MR) is 121 cm³/mol. The van der Waals surface area contributed by atoms with Gasteiger partial charge in [-0.25, -0.2) is 9.97 Å². The summed E-state index contributed by atoms with van der Waals surface area (Å²) in [6.45, 7) is 0. The van der Waals surface area contributed by atoms with Crippen LogP contribution in [0, 0.1) is 0 Å². The van der Waals surface area contributed by atoms with E-state index in [1.165, 1.54) is 0 Å². The maximum absolute atomic E-state index is 6.71. The molecule has 1 aliphatic rings. The van der Waals surface area contributed by atoms with Gasteiger partial charge in [-0.15, -0.1) is 0 Å². The standard InChI is InChI=1S/C25H15ClN4/c26-20-13-18-9-10-21(16-5-2-1-3-6-16)28-22(18)14-19(20)25-29-24(17-7-4-8-17)23-15-27-11-12-30(23)25/h1-15H. The van der Waals surface area contributed by atoms with Crippen LogP contribution in [0.25, 0.3) is 44.6 Å². The lowest BCUT2D eigenvalue weighted by atomic mass is 10.0. The average molecular weight is 407 g/mol. The van der Waals surface area contributed by atoms with Crippen LogP contribution in [0.5, 0.6) is 0 Å². The summed E-state index contributed by atoms with van der Waals surface area (Å²) in [7, 11) is 0. The fourth-order valence-corrected chi connectivity index (χ4v) is 4.03. The lowest BCUT2D eigenvalue weighted by molar-refractivity contribution is 1.12. The van der Waals surface area contributed by atoms with Gasteiger partial charge >= 0.3 is 0 Å². The molecule has 0 aliphatic heterocycles. The predicted octanol–water partition coefficient (Wildman–Crippen LogP) is 6.22. The first-order chi connectivity index (χ1) is 14.8. The number of imidazole rings is 1. The second-order valence-electron chi connectivity index (χ2n) is 7.18. The molecule has 2 aromatic carbocycles. The topological polar surface area (TPSA) is 43.1 Å². The molecule has 3 aromatic heterocycles. The molecule has 0 saturated heterocycles. The average Bonchev–Trinajstić information content (AvgIpc) is 3.11. The molecule has 5 aromatic rings. The van der Waals surface area contributed by atoms with Crippen LogP contribution in [-0.4, -0.2) is 19.4 Å². The monoisotopic (exact) mass is 406 g/mol. The molecule has 5 heteroatoms. The third-order valence-electron chi connectivity index (χ3n) is 5.36. The number of pyridine rings is 1. The summed E-state index contributed by atoms with van der Waals surface area (Å²) in [4.78, 5) is 14.1. The molecule has 0 bridgehead atoms. The van der Waals surface area contributed by atoms with Gasteiger partial charge in [0.25, 0.3) is 0 Å². The quantitative estimate of drug-likeness (QED) is 0.357. The molecule has 4 nitrogen and oxygen atoms in total. The Kier molecular flexibility index (Phi) is 3.79. The molecule has 142 valence electrons. The Morgan fingerprint density at radius 1 is 0.933 bits per heavy atom.